The number of benzene rings is 2. The third kappa shape index (κ3) is 7.09. The normalized spacial score (nSPS) is 12.4. The molecule has 0 aliphatic rings. The van der Waals surface area contributed by atoms with Crippen molar-refractivity contribution in [3.63, 3.8) is 0 Å². The van der Waals surface area contributed by atoms with E-state index >= 15 is 0 Å². The van der Waals surface area contributed by atoms with Crippen LogP contribution >= 0.6 is 0 Å². The van der Waals surface area contributed by atoms with Gasteiger partial charge in [-0.3, -0.25) is 4.79 Å². The van der Waals surface area contributed by atoms with E-state index in [0.717, 1.165) is 5.56 Å². The average Bonchev–Trinajstić information content (AvgIpc) is 2.64. The van der Waals surface area contributed by atoms with E-state index in [1.165, 1.54) is 0 Å². The number of carbonyl (C=O) groups excluding carboxylic acids is 1. The molecule has 152 valence electrons. The van der Waals surface area contributed by atoms with Crippen LogP contribution in [0.2, 0.25) is 0 Å². The number of anilines is 1. The average molecular weight is 387 g/mol. The van der Waals surface area contributed by atoms with Gasteiger partial charge in [-0.15, -0.1) is 0 Å². The van der Waals surface area contributed by atoms with Gasteiger partial charge in [0.2, 0.25) is 0 Å². The Labute approximate surface area is 165 Å². The number of hydrogen-bond donors (Lipinski definition) is 5. The molecule has 6 N–H and O–H groups in total. The first-order chi connectivity index (χ1) is 13.1. The summed E-state index contributed by atoms with van der Waals surface area (Å²) in [4.78, 5) is 10.7. The van der Waals surface area contributed by atoms with Crippen molar-refractivity contribution in [2.24, 2.45) is 5.73 Å². The van der Waals surface area contributed by atoms with Crippen LogP contribution in [0.4, 0.5) is 5.69 Å². The Hall–Kier alpha value is -2.77. The Balaban J connectivity index is 1.97. The fourth-order valence-electron chi connectivity index (χ4n) is 2.48. The number of nitrogens with one attached hydrogen (secondary N) is 2. The van der Waals surface area contributed by atoms with E-state index in [-0.39, 0.29) is 17.9 Å². The summed E-state index contributed by atoms with van der Waals surface area (Å²) in [6, 6.07) is 12.2. The Bertz CT molecular complexity index is 785. The quantitative estimate of drug-likeness (QED) is 0.422. The molecule has 0 fully saturated rings. The lowest BCUT2D eigenvalue weighted by Crippen LogP contribution is -2.38. The molecule has 28 heavy (non-hydrogen) atoms. The van der Waals surface area contributed by atoms with Gasteiger partial charge in [-0.1, -0.05) is 18.2 Å². The van der Waals surface area contributed by atoms with E-state index < -0.39 is 12.0 Å². The summed E-state index contributed by atoms with van der Waals surface area (Å²) in [7, 11) is 0. The molecule has 0 saturated carbocycles. The van der Waals surface area contributed by atoms with E-state index in [1.54, 1.807) is 30.3 Å². The molecule has 0 aliphatic carbocycles. The van der Waals surface area contributed by atoms with Gasteiger partial charge >= 0.3 is 0 Å². The summed E-state index contributed by atoms with van der Waals surface area (Å²) in [5.74, 6) is 0.143. The number of nitrogens with two attached hydrogens (primary N) is 1. The number of phenols is 1. The van der Waals surface area contributed by atoms with Gasteiger partial charge in [0.05, 0.1) is 11.8 Å². The third-order valence-corrected chi connectivity index (χ3v) is 4.02. The van der Waals surface area contributed by atoms with E-state index in [2.05, 4.69) is 10.6 Å². The number of phenolic OH excluding ortho intramolecular Hbond substituents is 1. The predicted octanol–water partition coefficient (Wildman–Crippen LogP) is 2.29. The number of rotatable bonds is 9. The lowest BCUT2D eigenvalue weighted by molar-refractivity contribution is -0.119. The smallest absolute Gasteiger partial charge is 0.255 e. The summed E-state index contributed by atoms with van der Waals surface area (Å²) in [6.45, 7) is 6.84. The summed E-state index contributed by atoms with van der Waals surface area (Å²) in [5, 5.41) is 26.9. The Morgan fingerprint density at radius 3 is 2.46 bits per heavy atom. The minimum absolute atomic E-state index is 0.0910. The molecule has 0 spiro atoms. The van der Waals surface area contributed by atoms with Crippen molar-refractivity contribution < 1.29 is 19.7 Å². The maximum atomic E-state index is 10.7. The van der Waals surface area contributed by atoms with Crippen LogP contribution in [-0.4, -0.2) is 34.8 Å². The molecule has 0 heterocycles. The first kappa shape index (κ1) is 21.5. The number of ether oxygens (including phenoxy) is 1. The van der Waals surface area contributed by atoms with Gasteiger partial charge in [-0.05, 0) is 56.2 Å². The van der Waals surface area contributed by atoms with E-state index in [0.29, 0.717) is 30.1 Å². The molecule has 2 aromatic rings. The topological polar surface area (TPSA) is 117 Å². The van der Waals surface area contributed by atoms with Crippen molar-refractivity contribution >= 4 is 11.6 Å². The van der Waals surface area contributed by atoms with Crippen LogP contribution < -0.4 is 21.1 Å². The first-order valence-electron chi connectivity index (χ1n) is 9.14. The lowest BCUT2D eigenvalue weighted by atomic mass is 10.1. The van der Waals surface area contributed by atoms with E-state index in [1.807, 2.05) is 32.9 Å². The fraction of sp³-hybridized carbons (Fsp3) is 0.381. The van der Waals surface area contributed by atoms with Crippen LogP contribution in [0.15, 0.2) is 42.5 Å². The molecule has 1 unspecified atom stereocenters. The highest BCUT2D eigenvalue weighted by atomic mass is 16.5. The largest absolute Gasteiger partial charge is 0.506 e. The van der Waals surface area contributed by atoms with Gasteiger partial charge < -0.3 is 31.3 Å². The first-order valence-corrected chi connectivity index (χ1v) is 9.14. The van der Waals surface area contributed by atoms with Crippen molar-refractivity contribution in [3.8, 4) is 11.5 Å². The van der Waals surface area contributed by atoms with Crippen molar-refractivity contribution in [1.29, 1.82) is 0 Å². The Morgan fingerprint density at radius 2 is 1.86 bits per heavy atom. The molecule has 0 saturated heterocycles. The summed E-state index contributed by atoms with van der Waals surface area (Å²) in [6.07, 6.45) is -0.679. The van der Waals surface area contributed by atoms with Crippen LogP contribution in [0.5, 0.6) is 11.5 Å². The second kappa shape index (κ2) is 9.43. The zero-order chi connectivity index (χ0) is 20.7. The minimum Gasteiger partial charge on any atom is -0.506 e. The molecule has 1 atom stereocenters. The van der Waals surface area contributed by atoms with Crippen molar-refractivity contribution in [1.82, 2.24) is 5.32 Å². The van der Waals surface area contributed by atoms with Gasteiger partial charge in [0.15, 0.2) is 6.61 Å². The van der Waals surface area contributed by atoms with Crippen molar-refractivity contribution in [2.75, 3.05) is 18.5 Å². The highest BCUT2D eigenvalue weighted by Gasteiger charge is 2.15. The van der Waals surface area contributed by atoms with Crippen molar-refractivity contribution in [3.05, 3.63) is 53.6 Å². The number of amides is 1. The Kier molecular flexibility index (Phi) is 7.25. The highest BCUT2D eigenvalue weighted by Crippen LogP contribution is 2.28. The molecule has 1 amide bonds. The molecule has 0 bridgehead atoms. The van der Waals surface area contributed by atoms with Gasteiger partial charge in [-0.25, -0.2) is 0 Å². The minimum atomic E-state index is -0.679. The molecule has 0 aliphatic heterocycles. The second-order valence-electron chi connectivity index (χ2n) is 7.68. The maximum absolute atomic E-state index is 10.7. The number of hydrogen-bond acceptors (Lipinski definition) is 6. The van der Waals surface area contributed by atoms with Gasteiger partial charge in [-0.2, -0.15) is 0 Å². The standard InChI is InChI=1S/C21H29N3O4/c1-21(2,3)24-12-19(26)15-6-9-18(25)17(10-15)23-11-14-4-7-16(8-5-14)28-13-20(22)27/h4-10,19,23-26H,11-13H2,1-3H3,(H2,22,27). The molecule has 7 heteroatoms. The highest BCUT2D eigenvalue weighted by molar-refractivity contribution is 5.75. The number of aliphatic hydroxyl groups is 1. The molecular weight excluding hydrogens is 358 g/mol. The summed E-state index contributed by atoms with van der Waals surface area (Å²) >= 11 is 0. The molecule has 2 rings (SSSR count). The zero-order valence-electron chi connectivity index (χ0n) is 16.5. The van der Waals surface area contributed by atoms with E-state index in [9.17, 15) is 15.0 Å². The SMILES string of the molecule is CC(C)(C)NCC(O)c1ccc(O)c(NCc2ccc(OCC(N)=O)cc2)c1. The van der Waals surface area contributed by atoms with Crippen LogP contribution in [0.1, 0.15) is 38.0 Å². The number of carbonyl (C=O) groups is 1. The van der Waals surface area contributed by atoms with Crippen molar-refractivity contribution in [2.45, 2.75) is 39.0 Å². The monoisotopic (exact) mass is 387 g/mol. The zero-order valence-corrected chi connectivity index (χ0v) is 16.5. The Morgan fingerprint density at radius 1 is 1.18 bits per heavy atom. The summed E-state index contributed by atoms with van der Waals surface area (Å²) in [5.41, 5.74) is 7.18. The molecule has 0 radical (unpaired) electrons. The second-order valence-corrected chi connectivity index (χ2v) is 7.68. The molecule has 7 nitrogen and oxygen atoms in total. The molecule has 0 aromatic heterocycles. The third-order valence-electron chi connectivity index (χ3n) is 4.02. The van der Waals surface area contributed by atoms with Gasteiger partial charge in [0.1, 0.15) is 11.5 Å². The maximum Gasteiger partial charge on any atom is 0.255 e. The molecule has 2 aromatic carbocycles. The number of β-amino-alcohol motifs (C(OH)–C–C–N with tert-alkyl or cyclic N) is 1. The van der Waals surface area contributed by atoms with Crippen LogP contribution in [0, 0.1) is 0 Å². The van der Waals surface area contributed by atoms with Gasteiger partial charge in [0, 0.05) is 18.6 Å². The number of aromatic hydroxyl groups is 1. The number of primary amides is 1. The van der Waals surface area contributed by atoms with E-state index in [4.69, 9.17) is 10.5 Å². The van der Waals surface area contributed by atoms with Crippen LogP contribution in [-0.2, 0) is 11.3 Å². The molecular formula is C21H29N3O4. The van der Waals surface area contributed by atoms with Crippen LogP contribution in [0.3, 0.4) is 0 Å². The predicted molar refractivity (Wildman–Crippen MR) is 109 cm³/mol. The number of aliphatic hydroxyl groups excluding tert-OH is 1. The lowest BCUT2D eigenvalue weighted by Gasteiger charge is -2.23. The fourth-order valence-corrected chi connectivity index (χ4v) is 2.48. The van der Waals surface area contributed by atoms with Gasteiger partial charge in [0.25, 0.3) is 5.91 Å². The van der Waals surface area contributed by atoms with Crippen LogP contribution in [0.25, 0.3) is 0 Å². The summed E-state index contributed by atoms with van der Waals surface area (Å²) < 4.78 is 5.22.